The molecule has 0 radical (unpaired) electrons. The quantitative estimate of drug-likeness (QED) is 0.800. The normalized spacial score (nSPS) is 17.8. The van der Waals surface area contributed by atoms with Gasteiger partial charge in [0, 0.05) is 19.3 Å². The van der Waals surface area contributed by atoms with Gasteiger partial charge in [-0.15, -0.1) is 0 Å². The molecule has 2 rings (SSSR count). The van der Waals surface area contributed by atoms with E-state index in [1.807, 2.05) is 11.9 Å². The Bertz CT molecular complexity index is 380. The van der Waals surface area contributed by atoms with E-state index < -0.39 is 11.7 Å². The highest BCUT2D eigenvalue weighted by Gasteiger charge is 2.31. The molecule has 2 nitrogen and oxygen atoms in total. The summed E-state index contributed by atoms with van der Waals surface area (Å²) in [4.78, 5) is 5.93. The van der Waals surface area contributed by atoms with Gasteiger partial charge in [0.1, 0.15) is 5.82 Å². The minimum Gasteiger partial charge on any atom is -0.357 e. The number of anilines is 1. The number of nitrogens with zero attached hydrogens (tertiary/aromatic N) is 2. The first-order chi connectivity index (χ1) is 8.48. The van der Waals surface area contributed by atoms with Crippen molar-refractivity contribution in [2.75, 3.05) is 11.9 Å². The fraction of sp³-hybridized carbons (Fsp3) is 0.615. The lowest BCUT2D eigenvalue weighted by Gasteiger charge is -2.32. The summed E-state index contributed by atoms with van der Waals surface area (Å²) in [6.07, 6.45) is 2.43. The lowest BCUT2D eigenvalue weighted by atomic mass is 9.94. The second-order valence-electron chi connectivity index (χ2n) is 4.81. The minimum atomic E-state index is -4.31. The summed E-state index contributed by atoms with van der Waals surface area (Å²) in [5, 5.41) is 0. The first-order valence-corrected chi connectivity index (χ1v) is 6.24. The van der Waals surface area contributed by atoms with Crippen LogP contribution in [-0.4, -0.2) is 18.1 Å². The Morgan fingerprint density at radius 3 is 2.33 bits per heavy atom. The Morgan fingerprint density at radius 1 is 1.17 bits per heavy atom. The maximum absolute atomic E-state index is 12.4. The monoisotopic (exact) mass is 258 g/mol. The summed E-state index contributed by atoms with van der Waals surface area (Å²) in [5.41, 5.74) is -0.691. The molecule has 0 spiro atoms. The van der Waals surface area contributed by atoms with Gasteiger partial charge in [0.2, 0.25) is 0 Å². The molecule has 18 heavy (non-hydrogen) atoms. The first kappa shape index (κ1) is 13.2. The van der Waals surface area contributed by atoms with Crippen molar-refractivity contribution in [3.63, 3.8) is 0 Å². The van der Waals surface area contributed by atoms with Gasteiger partial charge in [0.15, 0.2) is 0 Å². The van der Waals surface area contributed by atoms with Gasteiger partial charge >= 0.3 is 6.18 Å². The van der Waals surface area contributed by atoms with Gasteiger partial charge in [-0.1, -0.05) is 19.3 Å². The average molecular weight is 258 g/mol. The molecule has 1 heterocycles. The number of halogens is 3. The molecule has 5 heteroatoms. The molecule has 0 aliphatic heterocycles. The van der Waals surface area contributed by atoms with Gasteiger partial charge in [-0.05, 0) is 25.0 Å². The van der Waals surface area contributed by atoms with Crippen molar-refractivity contribution in [3.05, 3.63) is 23.9 Å². The molecule has 1 saturated carbocycles. The number of pyridine rings is 1. The second kappa shape index (κ2) is 5.16. The van der Waals surface area contributed by atoms with Gasteiger partial charge in [-0.2, -0.15) is 13.2 Å². The predicted molar refractivity (Wildman–Crippen MR) is 64.5 cm³/mol. The van der Waals surface area contributed by atoms with Crippen molar-refractivity contribution in [1.82, 2.24) is 4.98 Å². The average Bonchev–Trinajstić information content (AvgIpc) is 2.38. The van der Waals surface area contributed by atoms with E-state index in [0.717, 1.165) is 25.1 Å². The number of alkyl halides is 3. The third kappa shape index (κ3) is 2.94. The van der Waals surface area contributed by atoms with E-state index in [2.05, 4.69) is 4.98 Å². The lowest BCUT2D eigenvalue weighted by molar-refractivity contribution is -0.137. The van der Waals surface area contributed by atoms with Crippen LogP contribution in [0.15, 0.2) is 18.3 Å². The van der Waals surface area contributed by atoms with Crippen LogP contribution < -0.4 is 4.90 Å². The van der Waals surface area contributed by atoms with E-state index >= 15 is 0 Å². The number of rotatable bonds is 2. The standard InChI is InChI=1S/C13H17F3N2/c1-18(11-5-3-2-4-6-11)12-8-7-10(9-17-12)13(14,15)16/h7-9,11H,2-6H2,1H3. The van der Waals surface area contributed by atoms with E-state index in [4.69, 9.17) is 0 Å². The van der Waals surface area contributed by atoms with Gasteiger partial charge in [0.25, 0.3) is 0 Å². The number of aromatic nitrogens is 1. The van der Waals surface area contributed by atoms with Crippen LogP contribution in [0.25, 0.3) is 0 Å². The molecular weight excluding hydrogens is 241 g/mol. The Morgan fingerprint density at radius 2 is 1.83 bits per heavy atom. The van der Waals surface area contributed by atoms with Gasteiger partial charge in [0.05, 0.1) is 5.56 Å². The zero-order chi connectivity index (χ0) is 13.2. The summed E-state index contributed by atoms with van der Waals surface area (Å²) >= 11 is 0. The second-order valence-corrected chi connectivity index (χ2v) is 4.81. The summed E-state index contributed by atoms with van der Waals surface area (Å²) in [7, 11) is 1.91. The summed E-state index contributed by atoms with van der Waals surface area (Å²) in [5.74, 6) is 0.620. The van der Waals surface area contributed by atoms with Crippen LogP contribution in [0.1, 0.15) is 37.7 Å². The third-order valence-corrected chi connectivity index (χ3v) is 3.56. The largest absolute Gasteiger partial charge is 0.417 e. The van der Waals surface area contributed by atoms with E-state index in [9.17, 15) is 13.2 Å². The maximum Gasteiger partial charge on any atom is 0.417 e. The molecule has 0 atom stereocenters. The molecule has 1 aliphatic rings. The number of hydrogen-bond donors (Lipinski definition) is 0. The van der Waals surface area contributed by atoms with Crippen molar-refractivity contribution in [2.45, 2.75) is 44.3 Å². The summed E-state index contributed by atoms with van der Waals surface area (Å²) in [6, 6.07) is 2.96. The van der Waals surface area contributed by atoms with Crippen LogP contribution in [0, 0.1) is 0 Å². The molecule has 1 aliphatic carbocycles. The van der Waals surface area contributed by atoms with E-state index in [1.165, 1.54) is 25.3 Å². The minimum absolute atomic E-state index is 0.406. The van der Waals surface area contributed by atoms with Crippen molar-refractivity contribution in [3.8, 4) is 0 Å². The van der Waals surface area contributed by atoms with Crippen LogP contribution in [0.3, 0.4) is 0 Å². The number of hydrogen-bond acceptors (Lipinski definition) is 2. The topological polar surface area (TPSA) is 16.1 Å². The van der Waals surface area contributed by atoms with Crippen LogP contribution >= 0.6 is 0 Å². The first-order valence-electron chi connectivity index (χ1n) is 6.24. The van der Waals surface area contributed by atoms with Gasteiger partial charge in [-0.25, -0.2) is 4.98 Å². The van der Waals surface area contributed by atoms with E-state index in [0.29, 0.717) is 11.9 Å². The molecule has 0 N–H and O–H groups in total. The fourth-order valence-electron chi connectivity index (χ4n) is 2.42. The maximum atomic E-state index is 12.4. The molecule has 100 valence electrons. The van der Waals surface area contributed by atoms with Crippen molar-refractivity contribution in [2.24, 2.45) is 0 Å². The van der Waals surface area contributed by atoms with Crippen molar-refractivity contribution < 1.29 is 13.2 Å². The van der Waals surface area contributed by atoms with E-state index in [-0.39, 0.29) is 0 Å². The highest BCUT2D eigenvalue weighted by molar-refractivity contribution is 5.40. The van der Waals surface area contributed by atoms with Crippen molar-refractivity contribution >= 4 is 5.82 Å². The highest BCUT2D eigenvalue weighted by atomic mass is 19.4. The molecule has 1 aromatic rings. The SMILES string of the molecule is CN(c1ccc(C(F)(F)F)cn1)C1CCCCC1. The molecule has 0 aromatic carbocycles. The molecular formula is C13H17F3N2. The zero-order valence-electron chi connectivity index (χ0n) is 10.4. The van der Waals surface area contributed by atoms with Gasteiger partial charge in [-0.3, -0.25) is 0 Å². The highest BCUT2D eigenvalue weighted by Crippen LogP contribution is 2.30. The predicted octanol–water partition coefficient (Wildman–Crippen LogP) is 3.87. The zero-order valence-corrected chi connectivity index (χ0v) is 10.4. The van der Waals surface area contributed by atoms with Crippen molar-refractivity contribution in [1.29, 1.82) is 0 Å². The molecule has 0 saturated heterocycles. The molecule has 0 amide bonds. The lowest BCUT2D eigenvalue weighted by Crippen LogP contribution is -2.33. The van der Waals surface area contributed by atoms with Crippen LogP contribution in [0.2, 0.25) is 0 Å². The Balaban J connectivity index is 2.09. The van der Waals surface area contributed by atoms with E-state index in [1.54, 1.807) is 0 Å². The molecule has 1 fully saturated rings. The third-order valence-electron chi connectivity index (χ3n) is 3.56. The van der Waals surface area contributed by atoms with Crippen LogP contribution in [0.5, 0.6) is 0 Å². The van der Waals surface area contributed by atoms with Crippen LogP contribution in [0.4, 0.5) is 19.0 Å². The smallest absolute Gasteiger partial charge is 0.357 e. The Kier molecular flexibility index (Phi) is 3.78. The van der Waals surface area contributed by atoms with Gasteiger partial charge < -0.3 is 4.90 Å². The molecule has 0 bridgehead atoms. The Hall–Kier alpha value is -1.26. The summed E-state index contributed by atoms with van der Waals surface area (Å²) in [6.45, 7) is 0. The Labute approximate surface area is 105 Å². The van der Waals surface area contributed by atoms with Crippen LogP contribution in [-0.2, 0) is 6.18 Å². The molecule has 1 aromatic heterocycles. The molecule has 0 unspecified atom stereocenters. The fourth-order valence-corrected chi connectivity index (χ4v) is 2.42. The summed E-state index contributed by atoms with van der Waals surface area (Å²) < 4.78 is 37.3.